The van der Waals surface area contributed by atoms with E-state index in [1.807, 2.05) is 31.2 Å². The van der Waals surface area contributed by atoms with Crippen LogP contribution in [0.4, 0.5) is 5.69 Å². The number of hydrogen-bond donors (Lipinski definition) is 2. The first-order valence-corrected chi connectivity index (χ1v) is 9.18. The zero-order valence-corrected chi connectivity index (χ0v) is 16.1. The summed E-state index contributed by atoms with van der Waals surface area (Å²) in [7, 11) is 0. The normalized spacial score (nSPS) is 11.7. The fourth-order valence-corrected chi connectivity index (χ4v) is 3.88. The van der Waals surface area contributed by atoms with Crippen molar-refractivity contribution < 1.29 is 8.83 Å². The molecule has 0 saturated heterocycles. The van der Waals surface area contributed by atoms with Crippen LogP contribution in [-0.4, -0.2) is 20.6 Å². The van der Waals surface area contributed by atoms with Gasteiger partial charge in [0, 0.05) is 33.5 Å². The Morgan fingerprint density at radius 1 is 1.07 bits per heavy atom. The number of rotatable bonds is 3. The Bertz CT molecular complexity index is 1340. The summed E-state index contributed by atoms with van der Waals surface area (Å²) in [6.45, 7) is 1.90. The number of tetrazole rings is 1. The summed E-state index contributed by atoms with van der Waals surface area (Å²) in [5.41, 5.74) is 9.73. The Kier molecular flexibility index (Phi) is 3.82. The predicted octanol–water partition coefficient (Wildman–Crippen LogP) is 5.15. The number of halogens is 2. The molecule has 5 aromatic rings. The Hall–Kier alpha value is -3.03. The van der Waals surface area contributed by atoms with Gasteiger partial charge < -0.3 is 14.6 Å². The van der Waals surface area contributed by atoms with Gasteiger partial charge in [-0.3, -0.25) is 0 Å². The van der Waals surface area contributed by atoms with Crippen LogP contribution < -0.4 is 5.73 Å². The van der Waals surface area contributed by atoms with E-state index in [1.54, 1.807) is 6.07 Å². The van der Waals surface area contributed by atoms with Crippen molar-refractivity contribution in [1.82, 2.24) is 20.6 Å². The van der Waals surface area contributed by atoms with E-state index in [1.165, 1.54) is 0 Å². The largest absolute Gasteiger partial charge is 0.459 e. The standard InChI is InChI=1S/C19H13Cl2N5O2/c1-8-12(13-6-11(22)7-15(21)18(13)27-8)2-9-4-16-10(3-14(9)20)5-17(28-16)19-23-25-26-24-19/h3-7H,2,22H2,1H3,(H,23,24,25,26). The molecule has 2 aromatic carbocycles. The zero-order valence-electron chi connectivity index (χ0n) is 14.6. The van der Waals surface area contributed by atoms with Crippen LogP contribution in [0.1, 0.15) is 16.9 Å². The van der Waals surface area contributed by atoms with Gasteiger partial charge in [0.2, 0.25) is 5.82 Å². The highest BCUT2D eigenvalue weighted by Crippen LogP contribution is 2.37. The molecule has 0 atom stereocenters. The van der Waals surface area contributed by atoms with Gasteiger partial charge in [0.15, 0.2) is 11.3 Å². The molecule has 5 rings (SSSR count). The Labute approximate surface area is 168 Å². The van der Waals surface area contributed by atoms with Crippen LogP contribution in [0.5, 0.6) is 0 Å². The molecule has 0 unspecified atom stereocenters. The number of nitrogens with two attached hydrogens (primary N) is 1. The summed E-state index contributed by atoms with van der Waals surface area (Å²) < 4.78 is 11.7. The number of furan rings is 2. The lowest BCUT2D eigenvalue weighted by molar-refractivity contribution is 0.573. The second-order valence-electron chi connectivity index (χ2n) is 6.52. The van der Waals surface area contributed by atoms with Gasteiger partial charge in [0.05, 0.1) is 5.02 Å². The lowest BCUT2D eigenvalue weighted by atomic mass is 10.0. The number of H-pyrrole nitrogens is 1. The molecule has 3 heterocycles. The predicted molar refractivity (Wildman–Crippen MR) is 108 cm³/mol. The molecule has 0 amide bonds. The molecule has 140 valence electrons. The second kappa shape index (κ2) is 6.25. The SMILES string of the molecule is Cc1oc2c(Cl)cc(N)cc2c1Cc1cc2oc(-c3nn[nH]n3)cc2cc1Cl. The van der Waals surface area contributed by atoms with E-state index < -0.39 is 0 Å². The average Bonchev–Trinajstić information content (AvgIpc) is 3.36. The highest BCUT2D eigenvalue weighted by molar-refractivity contribution is 6.35. The van der Waals surface area contributed by atoms with Crippen molar-refractivity contribution in [1.29, 1.82) is 0 Å². The number of aryl methyl sites for hydroxylation is 1. The van der Waals surface area contributed by atoms with E-state index in [0.29, 0.717) is 44.9 Å². The number of nitrogen functional groups attached to an aromatic ring is 1. The summed E-state index contributed by atoms with van der Waals surface area (Å²) in [5.74, 6) is 1.67. The smallest absolute Gasteiger partial charge is 0.239 e. The molecule has 28 heavy (non-hydrogen) atoms. The number of aromatic amines is 1. The van der Waals surface area contributed by atoms with E-state index in [4.69, 9.17) is 37.8 Å². The highest BCUT2D eigenvalue weighted by atomic mass is 35.5. The van der Waals surface area contributed by atoms with Gasteiger partial charge in [-0.25, -0.2) is 0 Å². The number of hydrogen-bond acceptors (Lipinski definition) is 6. The maximum Gasteiger partial charge on any atom is 0.239 e. The molecule has 0 aliphatic heterocycles. The Balaban J connectivity index is 1.61. The maximum atomic E-state index is 6.55. The fourth-order valence-electron chi connectivity index (χ4n) is 3.37. The molecule has 0 spiro atoms. The average molecular weight is 414 g/mol. The topological polar surface area (TPSA) is 107 Å². The van der Waals surface area contributed by atoms with Crippen LogP contribution in [0.3, 0.4) is 0 Å². The minimum absolute atomic E-state index is 0.385. The molecule has 0 bridgehead atoms. The van der Waals surface area contributed by atoms with Crippen molar-refractivity contribution >= 4 is 50.8 Å². The van der Waals surface area contributed by atoms with Gasteiger partial charge in [-0.1, -0.05) is 23.2 Å². The molecular weight excluding hydrogens is 401 g/mol. The van der Waals surface area contributed by atoms with Crippen LogP contribution in [-0.2, 0) is 6.42 Å². The summed E-state index contributed by atoms with van der Waals surface area (Å²) in [6.07, 6.45) is 0.547. The summed E-state index contributed by atoms with van der Waals surface area (Å²) in [5, 5.41) is 16.7. The van der Waals surface area contributed by atoms with Crippen molar-refractivity contribution in [2.45, 2.75) is 13.3 Å². The monoisotopic (exact) mass is 413 g/mol. The van der Waals surface area contributed by atoms with E-state index in [-0.39, 0.29) is 0 Å². The summed E-state index contributed by atoms with van der Waals surface area (Å²) >= 11 is 12.8. The molecule has 0 fully saturated rings. The first-order valence-electron chi connectivity index (χ1n) is 8.42. The third-order valence-corrected chi connectivity index (χ3v) is 5.32. The number of aromatic nitrogens is 4. The van der Waals surface area contributed by atoms with Gasteiger partial charge in [-0.2, -0.15) is 5.21 Å². The van der Waals surface area contributed by atoms with Crippen molar-refractivity contribution in [3.8, 4) is 11.6 Å². The van der Waals surface area contributed by atoms with Crippen LogP contribution in [0, 0.1) is 6.92 Å². The first-order chi connectivity index (χ1) is 13.5. The quantitative estimate of drug-likeness (QED) is 0.396. The van der Waals surface area contributed by atoms with Gasteiger partial charge in [-0.15, -0.1) is 10.2 Å². The molecule has 9 heteroatoms. The Morgan fingerprint density at radius 2 is 1.93 bits per heavy atom. The van der Waals surface area contributed by atoms with Crippen molar-refractivity contribution in [3.05, 3.63) is 57.3 Å². The number of nitrogens with zero attached hydrogens (tertiary/aromatic N) is 3. The second-order valence-corrected chi connectivity index (χ2v) is 7.33. The molecule has 0 saturated carbocycles. The van der Waals surface area contributed by atoms with Crippen LogP contribution in [0.2, 0.25) is 10.0 Å². The number of benzene rings is 2. The lowest BCUT2D eigenvalue weighted by Gasteiger charge is -2.05. The third-order valence-electron chi connectivity index (χ3n) is 4.69. The van der Waals surface area contributed by atoms with Gasteiger partial charge in [0.1, 0.15) is 11.3 Å². The summed E-state index contributed by atoms with van der Waals surface area (Å²) in [4.78, 5) is 0. The van der Waals surface area contributed by atoms with Crippen LogP contribution in [0.15, 0.2) is 39.2 Å². The number of fused-ring (bicyclic) bond motifs is 2. The minimum Gasteiger partial charge on any atom is -0.459 e. The Morgan fingerprint density at radius 3 is 2.71 bits per heavy atom. The maximum absolute atomic E-state index is 6.55. The third kappa shape index (κ3) is 2.71. The minimum atomic E-state index is 0.385. The first kappa shape index (κ1) is 17.1. The van der Waals surface area contributed by atoms with Crippen molar-refractivity contribution in [3.63, 3.8) is 0 Å². The number of nitrogens with one attached hydrogen (secondary N) is 1. The number of anilines is 1. The molecule has 7 nitrogen and oxygen atoms in total. The van der Waals surface area contributed by atoms with E-state index in [0.717, 1.165) is 27.7 Å². The van der Waals surface area contributed by atoms with E-state index in [2.05, 4.69) is 20.6 Å². The molecule has 3 aromatic heterocycles. The van der Waals surface area contributed by atoms with Crippen LogP contribution >= 0.6 is 23.2 Å². The molecular formula is C19H13Cl2N5O2. The lowest BCUT2D eigenvalue weighted by Crippen LogP contribution is -1.92. The van der Waals surface area contributed by atoms with Gasteiger partial charge >= 0.3 is 0 Å². The van der Waals surface area contributed by atoms with E-state index in [9.17, 15) is 0 Å². The molecule has 3 N–H and O–H groups in total. The molecule has 0 aliphatic carbocycles. The van der Waals surface area contributed by atoms with Crippen LogP contribution in [0.25, 0.3) is 33.5 Å². The van der Waals surface area contributed by atoms with Gasteiger partial charge in [-0.05, 0) is 48.0 Å². The molecule has 0 aliphatic rings. The van der Waals surface area contributed by atoms with Crippen molar-refractivity contribution in [2.75, 3.05) is 5.73 Å². The fraction of sp³-hybridized carbons (Fsp3) is 0.105. The van der Waals surface area contributed by atoms with Gasteiger partial charge in [0.25, 0.3) is 0 Å². The molecule has 0 radical (unpaired) electrons. The highest BCUT2D eigenvalue weighted by Gasteiger charge is 2.18. The summed E-state index contributed by atoms with van der Waals surface area (Å²) in [6, 6.07) is 9.14. The zero-order chi connectivity index (χ0) is 19.4. The van der Waals surface area contributed by atoms with Crippen molar-refractivity contribution in [2.24, 2.45) is 0 Å². The van der Waals surface area contributed by atoms with E-state index >= 15 is 0 Å².